The van der Waals surface area contributed by atoms with E-state index in [4.69, 9.17) is 4.74 Å². The van der Waals surface area contributed by atoms with Crippen molar-refractivity contribution in [1.29, 1.82) is 0 Å². The van der Waals surface area contributed by atoms with Crippen molar-refractivity contribution in [2.45, 2.75) is 12.0 Å². The summed E-state index contributed by atoms with van der Waals surface area (Å²) >= 11 is 0. The van der Waals surface area contributed by atoms with Crippen molar-refractivity contribution >= 4 is 11.6 Å². The van der Waals surface area contributed by atoms with Gasteiger partial charge in [-0.3, -0.25) is 0 Å². The first-order chi connectivity index (χ1) is 10.3. The molecule has 0 fully saturated rings. The third kappa shape index (κ3) is 2.25. The largest absolute Gasteiger partial charge is 0.460 e. The summed E-state index contributed by atoms with van der Waals surface area (Å²) in [6.07, 6.45) is -3.86. The number of halogens is 4. The maximum atomic E-state index is 13.3. The first kappa shape index (κ1) is 14.6. The third-order valence-electron chi connectivity index (χ3n) is 3.38. The van der Waals surface area contributed by atoms with E-state index in [0.717, 1.165) is 24.3 Å². The number of ether oxygens (including phenoxy) is 1. The van der Waals surface area contributed by atoms with Gasteiger partial charge in [0.25, 0.3) is 0 Å². The van der Waals surface area contributed by atoms with Crippen LogP contribution in [0.2, 0.25) is 0 Å². The Kier molecular flexibility index (Phi) is 3.21. The molecule has 0 bridgehead atoms. The lowest BCUT2D eigenvalue weighted by Crippen LogP contribution is -2.52. The van der Waals surface area contributed by atoms with Gasteiger partial charge in [0.2, 0.25) is 0 Å². The smallest absolute Gasteiger partial charge is 0.449 e. The molecule has 1 unspecified atom stereocenters. The average molecular weight is 310 g/mol. The van der Waals surface area contributed by atoms with Gasteiger partial charge in [-0.15, -0.1) is 0 Å². The molecule has 1 aliphatic heterocycles. The molecule has 1 N–H and O–H groups in total. The Labute approximate surface area is 123 Å². The van der Waals surface area contributed by atoms with Crippen LogP contribution >= 0.6 is 0 Å². The second-order valence-electron chi connectivity index (χ2n) is 4.85. The van der Waals surface area contributed by atoms with Crippen molar-refractivity contribution in [2.24, 2.45) is 0 Å². The Balaban J connectivity index is 2.21. The molecule has 0 amide bonds. The van der Waals surface area contributed by atoms with E-state index in [1.807, 2.05) is 0 Å². The van der Waals surface area contributed by atoms with Gasteiger partial charge < -0.3 is 9.84 Å². The second kappa shape index (κ2) is 4.84. The predicted molar refractivity (Wildman–Crippen MR) is 72.3 cm³/mol. The van der Waals surface area contributed by atoms with Crippen LogP contribution in [0.4, 0.5) is 17.6 Å². The fourth-order valence-electron chi connectivity index (χ4n) is 2.28. The highest BCUT2D eigenvalue weighted by atomic mass is 19.4. The Morgan fingerprint density at radius 2 is 1.59 bits per heavy atom. The standard InChI is InChI=1S/C16H10F4O2/c17-12-7-5-10(6-8-12)13-9-11-3-1-2-4-14(11)22-15(13,21)16(18,19)20/h1-9,21H. The minimum atomic E-state index is -5.05. The lowest BCUT2D eigenvalue weighted by Gasteiger charge is -2.36. The molecule has 114 valence electrons. The van der Waals surface area contributed by atoms with Gasteiger partial charge in [0.15, 0.2) is 0 Å². The van der Waals surface area contributed by atoms with Crippen LogP contribution in [0.25, 0.3) is 11.6 Å². The van der Waals surface area contributed by atoms with Gasteiger partial charge in [0.05, 0.1) is 0 Å². The van der Waals surface area contributed by atoms with Gasteiger partial charge in [-0.25, -0.2) is 4.39 Å². The molecule has 0 spiro atoms. The van der Waals surface area contributed by atoms with Crippen LogP contribution in [0.15, 0.2) is 48.5 Å². The van der Waals surface area contributed by atoms with E-state index in [9.17, 15) is 22.7 Å². The van der Waals surface area contributed by atoms with Crippen molar-refractivity contribution in [3.63, 3.8) is 0 Å². The molecule has 0 saturated carbocycles. The maximum absolute atomic E-state index is 13.3. The lowest BCUT2D eigenvalue weighted by molar-refractivity contribution is -0.305. The first-order valence-corrected chi connectivity index (χ1v) is 6.36. The highest BCUT2D eigenvalue weighted by Crippen LogP contribution is 2.47. The summed E-state index contributed by atoms with van der Waals surface area (Å²) in [5.41, 5.74) is -0.0646. The molecular weight excluding hydrogens is 300 g/mol. The SMILES string of the molecule is OC1(C(F)(F)F)Oc2ccccc2C=C1c1ccc(F)cc1. The molecule has 1 atom stereocenters. The van der Waals surface area contributed by atoms with Gasteiger partial charge in [0, 0.05) is 11.1 Å². The molecule has 0 radical (unpaired) electrons. The number of para-hydroxylation sites is 1. The zero-order chi connectivity index (χ0) is 16.0. The van der Waals surface area contributed by atoms with Gasteiger partial charge in [0.1, 0.15) is 11.6 Å². The van der Waals surface area contributed by atoms with E-state index in [2.05, 4.69) is 0 Å². The van der Waals surface area contributed by atoms with E-state index in [0.29, 0.717) is 5.56 Å². The minimum Gasteiger partial charge on any atom is -0.449 e. The molecule has 2 aromatic carbocycles. The van der Waals surface area contributed by atoms with E-state index in [-0.39, 0.29) is 11.3 Å². The summed E-state index contributed by atoms with van der Waals surface area (Å²) in [6.45, 7) is 0. The van der Waals surface area contributed by atoms with Crippen LogP contribution in [0.3, 0.4) is 0 Å². The molecule has 2 nitrogen and oxygen atoms in total. The number of benzene rings is 2. The van der Waals surface area contributed by atoms with Crippen molar-refractivity contribution < 1.29 is 27.4 Å². The predicted octanol–water partition coefficient (Wildman–Crippen LogP) is 4.01. The minimum absolute atomic E-state index is 0.0238. The summed E-state index contributed by atoms with van der Waals surface area (Å²) in [6, 6.07) is 10.4. The molecule has 0 aromatic heterocycles. The van der Waals surface area contributed by atoms with Crippen molar-refractivity contribution in [3.8, 4) is 5.75 Å². The van der Waals surface area contributed by atoms with Crippen LogP contribution in [0.5, 0.6) is 5.75 Å². The molecule has 1 aliphatic rings. The number of hydrogen-bond donors (Lipinski definition) is 1. The fraction of sp³-hybridized carbons (Fsp3) is 0.125. The summed E-state index contributed by atoms with van der Waals surface area (Å²) < 4.78 is 57.9. The first-order valence-electron chi connectivity index (χ1n) is 6.36. The third-order valence-corrected chi connectivity index (χ3v) is 3.38. The molecule has 3 rings (SSSR count). The van der Waals surface area contributed by atoms with Crippen LogP contribution in [0, 0.1) is 5.82 Å². The van der Waals surface area contributed by atoms with Crippen molar-refractivity contribution in [3.05, 3.63) is 65.5 Å². The molecule has 6 heteroatoms. The summed E-state index contributed by atoms with van der Waals surface area (Å²) in [5, 5.41) is 10.1. The van der Waals surface area contributed by atoms with Crippen LogP contribution in [-0.2, 0) is 0 Å². The van der Waals surface area contributed by atoms with Crippen LogP contribution < -0.4 is 4.74 Å². The highest BCUT2D eigenvalue weighted by Gasteiger charge is 2.61. The lowest BCUT2D eigenvalue weighted by atomic mass is 9.92. The van der Waals surface area contributed by atoms with Gasteiger partial charge in [-0.1, -0.05) is 30.3 Å². The quantitative estimate of drug-likeness (QED) is 0.807. The van der Waals surface area contributed by atoms with Crippen LogP contribution in [0.1, 0.15) is 11.1 Å². The molecule has 0 saturated heterocycles. The van der Waals surface area contributed by atoms with Gasteiger partial charge in [-0.05, 0) is 29.8 Å². The molecule has 2 aromatic rings. The van der Waals surface area contributed by atoms with Crippen molar-refractivity contribution in [2.75, 3.05) is 0 Å². The Morgan fingerprint density at radius 3 is 2.23 bits per heavy atom. The molecular formula is C16H10F4O2. The van der Waals surface area contributed by atoms with E-state index >= 15 is 0 Å². The van der Waals surface area contributed by atoms with Crippen LogP contribution in [-0.4, -0.2) is 17.1 Å². The summed E-state index contributed by atoms with van der Waals surface area (Å²) in [5.74, 6) is -4.15. The highest BCUT2D eigenvalue weighted by molar-refractivity contribution is 5.89. The van der Waals surface area contributed by atoms with E-state index < -0.39 is 23.4 Å². The number of aliphatic hydroxyl groups is 1. The molecule has 22 heavy (non-hydrogen) atoms. The topological polar surface area (TPSA) is 29.5 Å². The van der Waals surface area contributed by atoms with E-state index in [1.165, 1.54) is 18.2 Å². The summed E-state index contributed by atoms with van der Waals surface area (Å²) in [4.78, 5) is 0. The number of alkyl halides is 3. The van der Waals surface area contributed by atoms with E-state index in [1.54, 1.807) is 12.1 Å². The van der Waals surface area contributed by atoms with Gasteiger partial charge in [-0.2, -0.15) is 13.2 Å². The monoisotopic (exact) mass is 310 g/mol. The average Bonchev–Trinajstić information content (AvgIpc) is 2.46. The Bertz CT molecular complexity index is 735. The molecule has 0 aliphatic carbocycles. The zero-order valence-corrected chi connectivity index (χ0v) is 11.1. The fourth-order valence-corrected chi connectivity index (χ4v) is 2.28. The zero-order valence-electron chi connectivity index (χ0n) is 11.1. The number of fused-ring (bicyclic) bond motifs is 1. The number of rotatable bonds is 1. The molecule has 1 heterocycles. The maximum Gasteiger partial charge on any atom is 0.460 e. The Hall–Kier alpha value is -2.34. The second-order valence-corrected chi connectivity index (χ2v) is 4.85. The Morgan fingerprint density at radius 1 is 0.955 bits per heavy atom. The number of hydrogen-bond acceptors (Lipinski definition) is 2. The van der Waals surface area contributed by atoms with Crippen molar-refractivity contribution in [1.82, 2.24) is 0 Å². The van der Waals surface area contributed by atoms with Gasteiger partial charge >= 0.3 is 12.0 Å². The summed E-state index contributed by atoms with van der Waals surface area (Å²) in [7, 11) is 0. The normalized spacial score (nSPS) is 20.9.